The van der Waals surface area contributed by atoms with E-state index in [1.165, 1.54) is 0 Å². The monoisotopic (exact) mass is 338 g/mol. The zero-order chi connectivity index (χ0) is 14.0. The number of rotatable bonds is 3. The predicted molar refractivity (Wildman–Crippen MR) is 83.0 cm³/mol. The van der Waals surface area contributed by atoms with Crippen LogP contribution in [0, 0.1) is 6.92 Å². The largest absolute Gasteiger partial charge is 0.322 e. The summed E-state index contributed by atoms with van der Waals surface area (Å²) in [6.07, 6.45) is 7.65. The van der Waals surface area contributed by atoms with Crippen molar-refractivity contribution in [3.05, 3.63) is 34.1 Å². The number of aryl methyl sites for hydroxylation is 1. The van der Waals surface area contributed by atoms with Crippen LogP contribution in [-0.4, -0.2) is 25.8 Å². The van der Waals surface area contributed by atoms with Crippen LogP contribution in [0.2, 0.25) is 0 Å². The lowest BCUT2D eigenvalue weighted by Gasteiger charge is -2.03. The molecule has 2 aromatic rings. The first-order valence-corrected chi connectivity index (χ1v) is 7.78. The van der Waals surface area contributed by atoms with E-state index in [1.807, 2.05) is 27.2 Å². The summed E-state index contributed by atoms with van der Waals surface area (Å²) in [5.41, 5.74) is 3.89. The molecule has 0 saturated carbocycles. The Bertz CT molecular complexity index is 616. The lowest BCUT2D eigenvalue weighted by Crippen LogP contribution is -1.95. The van der Waals surface area contributed by atoms with E-state index in [2.05, 4.69) is 41.5 Å². The van der Waals surface area contributed by atoms with E-state index in [0.29, 0.717) is 0 Å². The first-order valence-electron chi connectivity index (χ1n) is 5.76. The van der Waals surface area contributed by atoms with Crippen LogP contribution in [0.5, 0.6) is 0 Å². The zero-order valence-electron chi connectivity index (χ0n) is 11.3. The van der Waals surface area contributed by atoms with E-state index in [0.717, 1.165) is 32.4 Å². The fraction of sp³-hybridized carbons (Fsp3) is 0.308. The quantitative estimate of drug-likeness (QED) is 0.802. The second-order valence-corrected chi connectivity index (χ2v) is 5.73. The third-order valence-electron chi connectivity index (χ3n) is 2.77. The van der Waals surface area contributed by atoms with E-state index in [-0.39, 0.29) is 0 Å². The molecular formula is C13H15BrN4S. The maximum atomic E-state index is 4.45. The molecule has 0 radical (unpaired) electrons. The van der Waals surface area contributed by atoms with Crippen molar-refractivity contribution in [1.82, 2.24) is 19.5 Å². The number of hydrogen-bond donors (Lipinski definition) is 0. The van der Waals surface area contributed by atoms with Gasteiger partial charge < -0.3 is 4.57 Å². The van der Waals surface area contributed by atoms with Gasteiger partial charge in [-0.2, -0.15) is 0 Å². The summed E-state index contributed by atoms with van der Waals surface area (Å²) in [5.74, 6) is 0. The van der Waals surface area contributed by atoms with Crippen molar-refractivity contribution in [2.24, 2.45) is 7.05 Å². The second kappa shape index (κ2) is 5.88. The summed E-state index contributed by atoms with van der Waals surface area (Å²) in [5, 5.41) is 0.973. The Balaban J connectivity index is 2.40. The molecule has 0 spiro atoms. The minimum atomic E-state index is 0.846. The molecule has 100 valence electrons. The van der Waals surface area contributed by atoms with Gasteiger partial charge >= 0.3 is 0 Å². The number of allylic oxidation sites excluding steroid dienone is 1. The van der Waals surface area contributed by atoms with Crippen LogP contribution in [0.4, 0.5) is 0 Å². The van der Waals surface area contributed by atoms with Crippen molar-refractivity contribution in [3.63, 3.8) is 0 Å². The molecule has 0 aliphatic carbocycles. The minimum absolute atomic E-state index is 0.846. The SMILES string of the molecule is CSc1nc(Br)c(/C=C(\C)c2cnc(C)cn2)n1C. The summed E-state index contributed by atoms with van der Waals surface area (Å²) < 4.78 is 2.90. The Morgan fingerprint density at radius 2 is 2.11 bits per heavy atom. The summed E-state index contributed by atoms with van der Waals surface area (Å²) >= 11 is 5.12. The van der Waals surface area contributed by atoms with E-state index in [9.17, 15) is 0 Å². The van der Waals surface area contributed by atoms with Crippen molar-refractivity contribution < 1.29 is 0 Å². The second-order valence-electron chi connectivity index (χ2n) is 4.20. The Morgan fingerprint density at radius 3 is 2.63 bits per heavy atom. The smallest absolute Gasteiger partial charge is 0.169 e. The molecular weight excluding hydrogens is 324 g/mol. The summed E-state index contributed by atoms with van der Waals surface area (Å²) in [6, 6.07) is 0. The van der Waals surface area contributed by atoms with Gasteiger partial charge in [-0.15, -0.1) is 0 Å². The number of halogens is 1. The Hall–Kier alpha value is -1.14. The highest BCUT2D eigenvalue weighted by molar-refractivity contribution is 9.10. The average molecular weight is 339 g/mol. The molecule has 0 aliphatic rings. The highest BCUT2D eigenvalue weighted by Crippen LogP contribution is 2.26. The molecule has 0 N–H and O–H groups in total. The standard InChI is InChI=1S/C13H15BrN4S/c1-8(10-7-15-9(2)6-16-10)5-11-12(14)17-13(19-4)18(11)3/h5-7H,1-4H3/b8-5+. The molecule has 19 heavy (non-hydrogen) atoms. The molecule has 0 saturated heterocycles. The molecule has 0 amide bonds. The van der Waals surface area contributed by atoms with Crippen LogP contribution >= 0.6 is 27.7 Å². The Labute approximate surface area is 125 Å². The maximum Gasteiger partial charge on any atom is 0.169 e. The predicted octanol–water partition coefficient (Wildman–Crippen LogP) is 3.56. The molecule has 0 aliphatic heterocycles. The van der Waals surface area contributed by atoms with Gasteiger partial charge in [0, 0.05) is 13.2 Å². The highest BCUT2D eigenvalue weighted by atomic mass is 79.9. The number of nitrogens with zero attached hydrogens (tertiary/aromatic N) is 4. The Kier molecular flexibility index (Phi) is 4.42. The molecule has 0 fully saturated rings. The van der Waals surface area contributed by atoms with Crippen LogP contribution in [0.15, 0.2) is 22.2 Å². The lowest BCUT2D eigenvalue weighted by molar-refractivity contribution is 0.784. The van der Waals surface area contributed by atoms with E-state index < -0.39 is 0 Å². The van der Waals surface area contributed by atoms with Crippen LogP contribution < -0.4 is 0 Å². The molecule has 0 aromatic carbocycles. The summed E-state index contributed by atoms with van der Waals surface area (Å²) in [6.45, 7) is 3.95. The summed E-state index contributed by atoms with van der Waals surface area (Å²) in [7, 11) is 2.00. The molecule has 0 bridgehead atoms. The topological polar surface area (TPSA) is 43.6 Å². The number of imidazole rings is 1. The van der Waals surface area contributed by atoms with Crippen molar-refractivity contribution in [3.8, 4) is 0 Å². The zero-order valence-corrected chi connectivity index (χ0v) is 13.7. The van der Waals surface area contributed by atoms with Crippen LogP contribution in [0.3, 0.4) is 0 Å². The average Bonchev–Trinajstić information content (AvgIpc) is 2.67. The minimum Gasteiger partial charge on any atom is -0.322 e. The van der Waals surface area contributed by atoms with E-state index in [1.54, 1.807) is 24.2 Å². The van der Waals surface area contributed by atoms with Crippen LogP contribution in [0.25, 0.3) is 11.6 Å². The lowest BCUT2D eigenvalue weighted by atomic mass is 10.2. The molecule has 2 rings (SSSR count). The molecule has 2 heterocycles. The number of hydrogen-bond acceptors (Lipinski definition) is 4. The van der Waals surface area contributed by atoms with Gasteiger partial charge in [0.2, 0.25) is 0 Å². The highest BCUT2D eigenvalue weighted by Gasteiger charge is 2.10. The van der Waals surface area contributed by atoms with Gasteiger partial charge in [0.25, 0.3) is 0 Å². The molecule has 0 atom stereocenters. The summed E-state index contributed by atoms with van der Waals surface area (Å²) in [4.78, 5) is 13.1. The van der Waals surface area contributed by atoms with Crippen molar-refractivity contribution in [1.29, 1.82) is 0 Å². The van der Waals surface area contributed by atoms with E-state index >= 15 is 0 Å². The van der Waals surface area contributed by atoms with Crippen molar-refractivity contribution in [2.75, 3.05) is 6.26 Å². The van der Waals surface area contributed by atoms with E-state index in [4.69, 9.17) is 0 Å². The normalized spacial score (nSPS) is 11.9. The fourth-order valence-corrected chi connectivity index (χ4v) is 2.89. The van der Waals surface area contributed by atoms with Gasteiger partial charge in [0.05, 0.1) is 23.3 Å². The molecule has 2 aromatic heterocycles. The first-order chi connectivity index (χ1) is 9.02. The fourth-order valence-electron chi connectivity index (χ4n) is 1.67. The molecule has 4 nitrogen and oxygen atoms in total. The molecule has 6 heteroatoms. The molecule has 0 unspecified atom stereocenters. The van der Waals surface area contributed by atoms with Crippen molar-refractivity contribution in [2.45, 2.75) is 19.0 Å². The van der Waals surface area contributed by atoms with Gasteiger partial charge in [-0.05, 0) is 47.7 Å². The third kappa shape index (κ3) is 3.06. The number of aromatic nitrogens is 4. The first kappa shape index (κ1) is 14.3. The Morgan fingerprint density at radius 1 is 1.37 bits per heavy atom. The van der Waals surface area contributed by atoms with Crippen LogP contribution in [0.1, 0.15) is 24.0 Å². The third-order valence-corrected chi connectivity index (χ3v) is 4.09. The van der Waals surface area contributed by atoms with Crippen molar-refractivity contribution >= 4 is 39.3 Å². The number of thioether (sulfide) groups is 1. The van der Waals surface area contributed by atoms with Gasteiger partial charge in [-0.25, -0.2) is 4.98 Å². The van der Waals surface area contributed by atoms with Gasteiger partial charge in [0.15, 0.2) is 5.16 Å². The van der Waals surface area contributed by atoms with Crippen LogP contribution in [-0.2, 0) is 7.05 Å². The van der Waals surface area contributed by atoms with Gasteiger partial charge in [0.1, 0.15) is 4.60 Å². The van der Waals surface area contributed by atoms with Gasteiger partial charge in [-0.1, -0.05) is 11.8 Å². The van der Waals surface area contributed by atoms with Gasteiger partial charge in [-0.3, -0.25) is 9.97 Å². The maximum absolute atomic E-state index is 4.45.